The fraction of sp³-hybridized carbons (Fsp3) is 0.462. The van der Waals surface area contributed by atoms with Gasteiger partial charge in [0.25, 0.3) is 0 Å². The monoisotopic (exact) mass is 266 g/mol. The Morgan fingerprint density at radius 3 is 3.11 bits per heavy atom. The van der Waals surface area contributed by atoms with E-state index in [1.54, 1.807) is 6.07 Å². The molecule has 1 aliphatic rings. The number of aromatic nitrogens is 2. The van der Waals surface area contributed by atoms with Crippen LogP contribution in [0.25, 0.3) is 11.0 Å². The van der Waals surface area contributed by atoms with Crippen LogP contribution in [0.3, 0.4) is 0 Å². The molecule has 0 aliphatic carbocycles. The summed E-state index contributed by atoms with van der Waals surface area (Å²) in [6, 6.07) is 5.77. The van der Waals surface area contributed by atoms with Crippen LogP contribution in [0.4, 0.5) is 0 Å². The molecule has 18 heavy (non-hydrogen) atoms. The van der Waals surface area contributed by atoms with Crippen molar-refractivity contribution in [1.82, 2.24) is 9.55 Å². The van der Waals surface area contributed by atoms with Gasteiger partial charge in [-0.25, -0.2) is 4.79 Å². The summed E-state index contributed by atoms with van der Waals surface area (Å²) in [7, 11) is 0. The van der Waals surface area contributed by atoms with Crippen molar-refractivity contribution in [3.63, 3.8) is 0 Å². The molecule has 1 unspecified atom stereocenters. The molecular formula is C13H15ClN2O2. The van der Waals surface area contributed by atoms with E-state index in [2.05, 4.69) is 11.9 Å². The summed E-state index contributed by atoms with van der Waals surface area (Å²) >= 11 is 6.11. The summed E-state index contributed by atoms with van der Waals surface area (Å²) in [4.78, 5) is 15.0. The van der Waals surface area contributed by atoms with E-state index in [1.165, 1.54) is 0 Å². The SMILES string of the molecule is C[C@H]1COCCC1n1c(=O)[nH]c2c(Cl)cccc21. The summed E-state index contributed by atoms with van der Waals surface area (Å²) in [5.41, 5.74) is 1.52. The number of aromatic amines is 1. The number of imidazole rings is 1. The molecule has 1 N–H and O–H groups in total. The van der Waals surface area contributed by atoms with Gasteiger partial charge in [-0.3, -0.25) is 4.57 Å². The molecule has 5 heteroatoms. The molecule has 1 saturated heterocycles. The van der Waals surface area contributed by atoms with E-state index in [9.17, 15) is 4.79 Å². The van der Waals surface area contributed by atoms with Crippen LogP contribution >= 0.6 is 11.6 Å². The lowest BCUT2D eigenvalue weighted by Crippen LogP contribution is -2.33. The van der Waals surface area contributed by atoms with Gasteiger partial charge in [0.05, 0.1) is 22.7 Å². The maximum atomic E-state index is 12.1. The van der Waals surface area contributed by atoms with E-state index < -0.39 is 0 Å². The van der Waals surface area contributed by atoms with Crippen LogP contribution in [0.2, 0.25) is 5.02 Å². The van der Waals surface area contributed by atoms with Crippen LogP contribution in [0, 0.1) is 5.92 Å². The van der Waals surface area contributed by atoms with Gasteiger partial charge in [0.1, 0.15) is 0 Å². The van der Waals surface area contributed by atoms with Crippen LogP contribution in [0.15, 0.2) is 23.0 Å². The minimum Gasteiger partial charge on any atom is -0.381 e. The molecule has 0 amide bonds. The third-order valence-electron chi connectivity index (χ3n) is 3.63. The van der Waals surface area contributed by atoms with Gasteiger partial charge in [-0.2, -0.15) is 0 Å². The number of nitrogens with one attached hydrogen (secondary N) is 1. The second-order valence-corrected chi connectivity index (χ2v) is 5.25. The Balaban J connectivity index is 2.19. The highest BCUT2D eigenvalue weighted by Gasteiger charge is 2.26. The molecular weight excluding hydrogens is 252 g/mol. The number of H-pyrrole nitrogens is 1. The first kappa shape index (κ1) is 11.8. The van der Waals surface area contributed by atoms with E-state index in [1.807, 2.05) is 16.7 Å². The number of para-hydroxylation sites is 1. The minimum absolute atomic E-state index is 0.0862. The van der Waals surface area contributed by atoms with Gasteiger partial charge >= 0.3 is 5.69 Å². The van der Waals surface area contributed by atoms with Gasteiger partial charge < -0.3 is 9.72 Å². The highest BCUT2D eigenvalue weighted by atomic mass is 35.5. The lowest BCUT2D eigenvalue weighted by Gasteiger charge is -2.29. The van der Waals surface area contributed by atoms with Crippen LogP contribution in [0.1, 0.15) is 19.4 Å². The molecule has 2 atom stereocenters. The fourth-order valence-corrected chi connectivity index (χ4v) is 2.91. The van der Waals surface area contributed by atoms with Crippen molar-refractivity contribution in [1.29, 1.82) is 0 Å². The zero-order valence-electron chi connectivity index (χ0n) is 10.1. The van der Waals surface area contributed by atoms with E-state index in [-0.39, 0.29) is 11.7 Å². The first-order valence-electron chi connectivity index (χ1n) is 6.15. The Labute approximate surface area is 110 Å². The van der Waals surface area contributed by atoms with Crippen molar-refractivity contribution in [3.8, 4) is 0 Å². The van der Waals surface area contributed by atoms with Crippen LogP contribution in [-0.4, -0.2) is 22.8 Å². The number of hydrogen-bond donors (Lipinski definition) is 1. The number of halogens is 1. The van der Waals surface area contributed by atoms with Crippen molar-refractivity contribution in [2.45, 2.75) is 19.4 Å². The summed E-state index contributed by atoms with van der Waals surface area (Å²) in [6.45, 7) is 3.51. The molecule has 0 saturated carbocycles. The predicted octanol–water partition coefficient (Wildman–Crippen LogP) is 2.58. The highest BCUT2D eigenvalue weighted by Crippen LogP contribution is 2.29. The molecule has 96 valence electrons. The molecule has 2 heterocycles. The second kappa shape index (κ2) is 4.44. The van der Waals surface area contributed by atoms with Crippen LogP contribution < -0.4 is 5.69 Å². The quantitative estimate of drug-likeness (QED) is 0.862. The van der Waals surface area contributed by atoms with Crippen molar-refractivity contribution in [3.05, 3.63) is 33.7 Å². The van der Waals surface area contributed by atoms with Crippen LogP contribution in [0.5, 0.6) is 0 Å². The molecule has 0 spiro atoms. The number of fused-ring (bicyclic) bond motifs is 1. The highest BCUT2D eigenvalue weighted by molar-refractivity contribution is 6.34. The number of hydrogen-bond acceptors (Lipinski definition) is 2. The first-order chi connectivity index (χ1) is 8.68. The normalized spacial score (nSPS) is 24.6. The number of rotatable bonds is 1. The number of nitrogens with zero attached hydrogens (tertiary/aromatic N) is 1. The average molecular weight is 267 g/mol. The van der Waals surface area contributed by atoms with Gasteiger partial charge in [0.2, 0.25) is 0 Å². The summed E-state index contributed by atoms with van der Waals surface area (Å²) in [5.74, 6) is 0.328. The largest absolute Gasteiger partial charge is 0.381 e. The molecule has 1 aromatic carbocycles. The third-order valence-corrected chi connectivity index (χ3v) is 3.94. The molecule has 1 fully saturated rings. The van der Waals surface area contributed by atoms with Crippen molar-refractivity contribution >= 4 is 22.6 Å². The van der Waals surface area contributed by atoms with E-state index in [4.69, 9.17) is 16.3 Å². The van der Waals surface area contributed by atoms with Gasteiger partial charge in [-0.05, 0) is 18.6 Å². The van der Waals surface area contributed by atoms with Gasteiger partial charge in [0.15, 0.2) is 0 Å². The molecule has 0 radical (unpaired) electrons. The van der Waals surface area contributed by atoms with Crippen molar-refractivity contribution in [2.75, 3.05) is 13.2 Å². The Kier molecular flexibility index (Phi) is 2.92. The van der Waals surface area contributed by atoms with Gasteiger partial charge in [0, 0.05) is 18.6 Å². The second-order valence-electron chi connectivity index (χ2n) is 4.84. The minimum atomic E-state index is -0.0862. The molecule has 3 rings (SSSR count). The molecule has 0 bridgehead atoms. The molecule has 1 aliphatic heterocycles. The Morgan fingerprint density at radius 1 is 1.50 bits per heavy atom. The number of benzene rings is 1. The maximum absolute atomic E-state index is 12.1. The molecule has 2 aromatic rings. The summed E-state index contributed by atoms with van der Waals surface area (Å²) in [5, 5.41) is 0.586. The first-order valence-corrected chi connectivity index (χ1v) is 6.53. The number of ether oxygens (including phenoxy) is 1. The maximum Gasteiger partial charge on any atom is 0.326 e. The smallest absolute Gasteiger partial charge is 0.326 e. The average Bonchev–Trinajstić information content (AvgIpc) is 2.68. The lowest BCUT2D eigenvalue weighted by atomic mass is 9.97. The van der Waals surface area contributed by atoms with Gasteiger partial charge in [-0.1, -0.05) is 24.6 Å². The topological polar surface area (TPSA) is 47.0 Å². The van der Waals surface area contributed by atoms with Gasteiger partial charge in [-0.15, -0.1) is 0 Å². The predicted molar refractivity (Wildman–Crippen MR) is 71.2 cm³/mol. The zero-order valence-corrected chi connectivity index (χ0v) is 10.9. The molecule has 1 aromatic heterocycles. The Bertz CT molecular complexity index is 631. The summed E-state index contributed by atoms with van der Waals surface area (Å²) < 4.78 is 7.26. The lowest BCUT2D eigenvalue weighted by molar-refractivity contribution is 0.0289. The van der Waals surface area contributed by atoms with E-state index in [0.29, 0.717) is 24.2 Å². The molecule has 4 nitrogen and oxygen atoms in total. The van der Waals surface area contributed by atoms with E-state index >= 15 is 0 Å². The zero-order chi connectivity index (χ0) is 12.7. The van der Waals surface area contributed by atoms with Crippen LogP contribution in [-0.2, 0) is 4.74 Å². The Morgan fingerprint density at radius 2 is 2.33 bits per heavy atom. The standard InChI is InChI=1S/C13H15ClN2O2/c1-8-7-18-6-5-10(8)16-11-4-2-3-9(14)12(11)15-13(16)17/h2-4,8,10H,5-7H2,1H3,(H,15,17)/t8-,10?/m0/s1. The summed E-state index contributed by atoms with van der Waals surface area (Å²) in [6.07, 6.45) is 0.862. The fourth-order valence-electron chi connectivity index (χ4n) is 2.70. The Hall–Kier alpha value is -1.26. The third kappa shape index (κ3) is 1.76. The van der Waals surface area contributed by atoms with E-state index in [0.717, 1.165) is 17.5 Å². The van der Waals surface area contributed by atoms with Crippen molar-refractivity contribution < 1.29 is 4.74 Å². The van der Waals surface area contributed by atoms with Crippen molar-refractivity contribution in [2.24, 2.45) is 5.92 Å².